The van der Waals surface area contributed by atoms with E-state index >= 15 is 0 Å². The number of hydrogen-bond donors (Lipinski definition) is 2. The second-order valence-corrected chi connectivity index (χ2v) is 9.35. The molecule has 0 bridgehead atoms. The van der Waals surface area contributed by atoms with E-state index in [-0.39, 0.29) is 18.5 Å². The molecule has 2 N–H and O–H groups in total. The lowest BCUT2D eigenvalue weighted by molar-refractivity contribution is -0.119. The maximum atomic E-state index is 12.5. The number of likely N-dealkylation sites (tertiary alicyclic amines) is 1. The average Bonchev–Trinajstić information content (AvgIpc) is 2.70. The first-order valence-electron chi connectivity index (χ1n) is 10.9. The van der Waals surface area contributed by atoms with Crippen molar-refractivity contribution < 1.29 is 24.5 Å². The van der Waals surface area contributed by atoms with Crippen LogP contribution in [0.15, 0.2) is 12.1 Å². The zero-order valence-electron chi connectivity index (χ0n) is 18.9. The Morgan fingerprint density at radius 1 is 1.26 bits per heavy atom. The number of aliphatic hydroxyl groups excluding tert-OH is 1. The molecule has 1 fully saturated rings. The van der Waals surface area contributed by atoms with Crippen LogP contribution in [0, 0.1) is 0 Å². The number of carbonyl (C=O) groups excluding carboxylic acids is 1. The van der Waals surface area contributed by atoms with E-state index in [1.807, 2.05) is 26.8 Å². The minimum absolute atomic E-state index is 0.0295. The van der Waals surface area contributed by atoms with E-state index in [9.17, 15) is 19.8 Å². The van der Waals surface area contributed by atoms with Gasteiger partial charge in [-0.1, -0.05) is 0 Å². The molecule has 2 aliphatic heterocycles. The fourth-order valence-electron chi connectivity index (χ4n) is 4.60. The number of carboxylic acid groups (broad SMARTS) is 1. The van der Waals surface area contributed by atoms with Crippen LogP contribution in [0.1, 0.15) is 45.6 Å². The van der Waals surface area contributed by atoms with Crippen LogP contribution < -0.4 is 9.64 Å². The Balaban J connectivity index is 1.58. The van der Waals surface area contributed by atoms with Crippen molar-refractivity contribution in [3.05, 3.63) is 17.7 Å². The van der Waals surface area contributed by atoms with Crippen LogP contribution in [0.5, 0.6) is 5.88 Å². The maximum absolute atomic E-state index is 12.5. The van der Waals surface area contributed by atoms with Gasteiger partial charge in [-0.25, -0.2) is 4.79 Å². The summed E-state index contributed by atoms with van der Waals surface area (Å²) in [6, 6.07) is 3.67. The number of aryl methyl sites for hydroxylation is 1. The molecular formula is C22H34N4O5. The molecule has 0 aromatic carbocycles. The van der Waals surface area contributed by atoms with Gasteiger partial charge in [-0.3, -0.25) is 9.69 Å². The van der Waals surface area contributed by atoms with E-state index in [2.05, 4.69) is 9.88 Å². The number of piperidine rings is 1. The zero-order chi connectivity index (χ0) is 22.8. The van der Waals surface area contributed by atoms with Gasteiger partial charge in [0.15, 0.2) is 0 Å². The van der Waals surface area contributed by atoms with E-state index in [1.165, 1.54) is 7.11 Å². The van der Waals surface area contributed by atoms with Crippen LogP contribution in [-0.2, 0) is 11.2 Å². The first-order chi connectivity index (χ1) is 14.6. The first kappa shape index (κ1) is 23.3. The van der Waals surface area contributed by atoms with Crippen LogP contribution in [0.2, 0.25) is 0 Å². The molecule has 1 saturated heterocycles. The number of ether oxygens (including phenoxy) is 1. The van der Waals surface area contributed by atoms with Gasteiger partial charge in [0.05, 0.1) is 19.8 Å². The van der Waals surface area contributed by atoms with Crippen LogP contribution in [0.3, 0.4) is 0 Å². The molecule has 1 atom stereocenters. The Morgan fingerprint density at radius 3 is 2.52 bits per heavy atom. The standard InChI is InChI=1S/C22H34N4O5/c1-22(2,3)26(21(29)30)16-9-11-24(12-10-16)13-17(27)14-25-19(28)8-6-15-5-7-18(31-4)23-20(15)25/h5,7,16-17,27H,6,8-14H2,1-4H3,(H,29,30)/t17-/m1/s1. The molecule has 0 saturated carbocycles. The number of nitrogens with zero attached hydrogens (tertiary/aromatic N) is 4. The van der Waals surface area contributed by atoms with Gasteiger partial charge < -0.3 is 24.7 Å². The molecule has 0 spiro atoms. The van der Waals surface area contributed by atoms with Crippen molar-refractivity contribution in [3.8, 4) is 5.88 Å². The average molecular weight is 435 g/mol. The second-order valence-electron chi connectivity index (χ2n) is 9.35. The van der Waals surface area contributed by atoms with Crippen molar-refractivity contribution in [1.82, 2.24) is 14.8 Å². The molecule has 1 aromatic heterocycles. The minimum atomic E-state index is -0.892. The predicted molar refractivity (Wildman–Crippen MR) is 117 cm³/mol. The molecule has 0 aliphatic carbocycles. The molecular weight excluding hydrogens is 400 g/mol. The van der Waals surface area contributed by atoms with E-state index in [0.717, 1.165) is 18.4 Å². The van der Waals surface area contributed by atoms with Gasteiger partial charge in [0, 0.05) is 43.7 Å². The topological polar surface area (TPSA) is 106 Å². The summed E-state index contributed by atoms with van der Waals surface area (Å²) in [5, 5.41) is 20.3. The number of anilines is 1. The summed E-state index contributed by atoms with van der Waals surface area (Å²) >= 11 is 0. The third-order valence-corrected chi connectivity index (χ3v) is 6.02. The van der Waals surface area contributed by atoms with Crippen LogP contribution in [0.25, 0.3) is 0 Å². The van der Waals surface area contributed by atoms with Gasteiger partial charge in [0.25, 0.3) is 0 Å². The number of amides is 2. The van der Waals surface area contributed by atoms with Crippen LogP contribution in [0.4, 0.5) is 10.6 Å². The molecule has 3 heterocycles. The zero-order valence-corrected chi connectivity index (χ0v) is 18.9. The molecule has 1 aromatic rings. The van der Waals surface area contributed by atoms with Crippen molar-refractivity contribution in [2.24, 2.45) is 0 Å². The van der Waals surface area contributed by atoms with E-state index in [1.54, 1.807) is 15.9 Å². The Kier molecular flexibility index (Phi) is 7.06. The second kappa shape index (κ2) is 9.40. The SMILES string of the molecule is COc1ccc2c(n1)N(C[C@H](O)CN1CCC(N(C(=O)O)C(C)(C)C)CC1)C(=O)CC2. The van der Waals surface area contributed by atoms with Crippen LogP contribution >= 0.6 is 0 Å². The van der Waals surface area contributed by atoms with Gasteiger partial charge in [-0.05, 0) is 51.7 Å². The molecule has 9 nitrogen and oxygen atoms in total. The van der Waals surface area contributed by atoms with Crippen molar-refractivity contribution in [3.63, 3.8) is 0 Å². The fourth-order valence-corrected chi connectivity index (χ4v) is 4.60. The van der Waals surface area contributed by atoms with Gasteiger partial charge >= 0.3 is 6.09 Å². The molecule has 31 heavy (non-hydrogen) atoms. The summed E-state index contributed by atoms with van der Waals surface area (Å²) < 4.78 is 5.19. The molecule has 0 unspecified atom stereocenters. The highest BCUT2D eigenvalue weighted by Crippen LogP contribution is 2.29. The fraction of sp³-hybridized carbons (Fsp3) is 0.682. The Morgan fingerprint density at radius 2 is 1.94 bits per heavy atom. The number of methoxy groups -OCH3 is 1. The number of aromatic nitrogens is 1. The molecule has 3 rings (SSSR count). The summed E-state index contributed by atoms with van der Waals surface area (Å²) in [6.07, 6.45) is 0.866. The van der Waals surface area contributed by atoms with Gasteiger partial charge in [0.1, 0.15) is 5.82 Å². The highest BCUT2D eigenvalue weighted by molar-refractivity contribution is 5.95. The number of fused-ring (bicyclic) bond motifs is 1. The molecule has 0 radical (unpaired) electrons. The molecule has 2 amide bonds. The smallest absolute Gasteiger partial charge is 0.407 e. The van der Waals surface area contributed by atoms with Gasteiger partial charge in [-0.2, -0.15) is 4.98 Å². The lowest BCUT2D eigenvalue weighted by atomic mass is 9.96. The summed E-state index contributed by atoms with van der Waals surface area (Å²) in [7, 11) is 1.54. The third kappa shape index (κ3) is 5.46. The lowest BCUT2D eigenvalue weighted by Crippen LogP contribution is -2.55. The number of β-amino-alcohol motifs (C(OH)–C–C–N with tert-alkyl or cyclic N) is 1. The molecule has 2 aliphatic rings. The molecule has 172 valence electrons. The predicted octanol–water partition coefficient (Wildman–Crippen LogP) is 1.97. The van der Waals surface area contributed by atoms with Gasteiger partial charge in [0.2, 0.25) is 11.8 Å². The Bertz CT molecular complexity index is 802. The first-order valence-corrected chi connectivity index (χ1v) is 10.9. The van der Waals surface area contributed by atoms with Crippen molar-refractivity contribution in [2.75, 3.05) is 38.2 Å². The maximum Gasteiger partial charge on any atom is 0.407 e. The lowest BCUT2D eigenvalue weighted by Gasteiger charge is -2.44. The summed E-state index contributed by atoms with van der Waals surface area (Å²) in [5.41, 5.74) is 0.526. The number of rotatable bonds is 6. The van der Waals surface area contributed by atoms with Crippen molar-refractivity contribution in [1.29, 1.82) is 0 Å². The normalized spacial score (nSPS) is 19.1. The van der Waals surface area contributed by atoms with E-state index in [4.69, 9.17) is 4.74 Å². The minimum Gasteiger partial charge on any atom is -0.481 e. The largest absolute Gasteiger partial charge is 0.481 e. The van der Waals surface area contributed by atoms with E-state index < -0.39 is 17.7 Å². The summed E-state index contributed by atoms with van der Waals surface area (Å²) in [5.74, 6) is 0.959. The van der Waals surface area contributed by atoms with Gasteiger partial charge in [-0.15, -0.1) is 0 Å². The highest BCUT2D eigenvalue weighted by atomic mass is 16.5. The van der Waals surface area contributed by atoms with Crippen molar-refractivity contribution >= 4 is 17.8 Å². The number of hydrogen-bond acceptors (Lipinski definition) is 6. The summed E-state index contributed by atoms with van der Waals surface area (Å²) in [4.78, 5) is 33.9. The van der Waals surface area contributed by atoms with Crippen molar-refractivity contribution in [2.45, 2.75) is 64.1 Å². The number of carbonyl (C=O) groups is 2. The van der Waals surface area contributed by atoms with Crippen LogP contribution in [-0.4, -0.2) is 88.0 Å². The van der Waals surface area contributed by atoms with E-state index in [0.29, 0.717) is 44.2 Å². The Hall–Kier alpha value is -2.39. The summed E-state index contributed by atoms with van der Waals surface area (Å²) in [6.45, 7) is 7.75. The quantitative estimate of drug-likeness (QED) is 0.705. The highest BCUT2D eigenvalue weighted by Gasteiger charge is 2.36. The third-order valence-electron chi connectivity index (χ3n) is 6.02. The monoisotopic (exact) mass is 434 g/mol. The number of aliphatic hydroxyl groups is 1. The molecule has 9 heteroatoms. The number of pyridine rings is 1. The Labute approximate surface area is 183 Å².